The highest BCUT2D eigenvalue weighted by molar-refractivity contribution is 5.76. The van der Waals surface area contributed by atoms with E-state index in [0.717, 1.165) is 0 Å². The molecule has 0 aliphatic heterocycles. The van der Waals surface area contributed by atoms with Crippen LogP contribution in [0.25, 0.3) is 0 Å². The fourth-order valence-corrected chi connectivity index (χ4v) is 0. The third kappa shape index (κ3) is 93.1. The van der Waals surface area contributed by atoms with Gasteiger partial charge in [-0.2, -0.15) is 0 Å². The van der Waals surface area contributed by atoms with Crippen molar-refractivity contribution in [3.05, 3.63) is 0 Å². The monoisotopic (exact) mass is 116 g/mol. The summed E-state index contributed by atoms with van der Waals surface area (Å²) in [4.78, 5) is 0. The molecular weight excluding hydrogens is 109 g/mol. The fraction of sp³-hybridized carbons (Fsp3) is 0. The number of rotatable bonds is 0. The Morgan fingerprint density at radius 3 is 1.20 bits per heavy atom. The number of hydrogen-bond donors (Lipinski definition) is 0. The minimum atomic E-state index is 0. The Labute approximate surface area is 43.3 Å². The van der Waals surface area contributed by atoms with Gasteiger partial charge in [-0.15, -0.1) is 0 Å². The van der Waals surface area contributed by atoms with Crippen LogP contribution in [-0.4, -0.2) is 28.3 Å². The minimum Gasteiger partial charge on any atom is -0.0149 e. The molecule has 0 radical (unpaired) electrons. The first kappa shape index (κ1) is 17.6. The van der Waals surface area contributed by atoms with Crippen LogP contribution in [0, 0.1) is 0 Å². The predicted octanol–water partition coefficient (Wildman–Crippen LogP) is -1.86. The van der Waals surface area contributed by atoms with Crippen LogP contribution in [0.15, 0.2) is 0 Å². The summed E-state index contributed by atoms with van der Waals surface area (Å²) in [5.74, 6) is 0. The zero-order valence-electron chi connectivity index (χ0n) is 1.16. The van der Waals surface area contributed by atoms with Crippen molar-refractivity contribution in [1.29, 1.82) is 0 Å². The highest BCUT2D eigenvalue weighted by Gasteiger charge is 1.42. The first-order chi connectivity index (χ1) is 1.41. The van der Waals surface area contributed by atoms with Crippen molar-refractivity contribution in [2.75, 3.05) is 0 Å². The minimum absolute atomic E-state index is 0. The predicted molar refractivity (Wildman–Crippen MR) is 24.6 cm³/mol. The van der Waals surface area contributed by atoms with Crippen LogP contribution in [0.1, 0.15) is 0 Å². The van der Waals surface area contributed by atoms with Gasteiger partial charge in [0.1, 0.15) is 0 Å². The summed E-state index contributed by atoms with van der Waals surface area (Å²) in [7, 11) is 0. The average molecular weight is 116 g/mol. The Morgan fingerprint density at radius 1 is 1.20 bits per heavy atom. The van der Waals surface area contributed by atoms with Crippen LogP contribution >= 0.6 is 0 Å². The van der Waals surface area contributed by atoms with E-state index in [1.165, 1.54) is 5.15 Å². The largest absolute Gasteiger partial charge is 0.187 e. The Balaban J connectivity index is -0.0000000200. The zero-order chi connectivity index (χ0) is 2.71. The Hall–Kier alpha value is 0.569. The molecule has 5 heteroatoms. The summed E-state index contributed by atoms with van der Waals surface area (Å²) < 4.78 is 18.2. The topological polar surface area (TPSA) is 9.23 Å². The van der Waals surface area contributed by atoms with Gasteiger partial charge in [0.15, 0.2) is 17.4 Å². The lowest BCUT2D eigenvalue weighted by Crippen LogP contribution is -1.26. The molecule has 0 saturated heterocycles. The highest BCUT2D eigenvalue weighted by Crippen LogP contribution is 1.61. The summed E-state index contributed by atoms with van der Waals surface area (Å²) in [5.41, 5.74) is 0. The lowest BCUT2D eigenvalue weighted by molar-refractivity contribution is -0.317. The molecular formula is H7AlF2OSi. The molecule has 0 amide bonds. The normalized spacial score (nSPS) is 3.60. The standard InChI is InChI=1S/Al.F2O.H4Si.3H/c;1-3-2;;;;/h;;1H4;;;. The fourth-order valence-electron chi connectivity index (χ4n) is 0. The molecule has 0 bridgehead atoms. The van der Waals surface area contributed by atoms with Crippen LogP contribution < -0.4 is 0 Å². The van der Waals surface area contributed by atoms with E-state index >= 15 is 0 Å². The molecule has 5 heavy (non-hydrogen) atoms. The van der Waals surface area contributed by atoms with E-state index in [2.05, 4.69) is 0 Å². The molecule has 0 aliphatic rings. The van der Waals surface area contributed by atoms with Crippen molar-refractivity contribution in [3.63, 3.8) is 0 Å². The third-order valence-electron chi connectivity index (χ3n) is 0. The van der Waals surface area contributed by atoms with Gasteiger partial charge in [0, 0.05) is 5.15 Å². The summed E-state index contributed by atoms with van der Waals surface area (Å²) in [6.07, 6.45) is 0. The van der Waals surface area contributed by atoms with E-state index in [9.17, 15) is 0 Å². The molecule has 0 fully saturated rings. The maximum Gasteiger partial charge on any atom is 0.187 e. The second-order valence-corrected chi connectivity index (χ2v) is 0.0583. The molecule has 0 aromatic carbocycles. The first-order valence-electron chi connectivity index (χ1n) is 0.309. The smallest absolute Gasteiger partial charge is 0.0149 e. The molecule has 0 spiro atoms. The molecule has 0 heterocycles. The molecule has 0 N–H and O–H groups in total. The molecule has 0 saturated carbocycles. The number of hydrogen-bond acceptors (Lipinski definition) is 1. The average Bonchev–Trinajstić information content (AvgIpc) is 0.918. The van der Waals surface area contributed by atoms with E-state index in [0.29, 0.717) is 0 Å². The van der Waals surface area contributed by atoms with Crippen LogP contribution in [-0.2, 0) is 5.15 Å². The van der Waals surface area contributed by atoms with E-state index in [-0.39, 0.29) is 28.3 Å². The SMILES string of the molecule is FOF.[AlH3].[SiH4]. The van der Waals surface area contributed by atoms with Gasteiger partial charge < -0.3 is 0 Å². The van der Waals surface area contributed by atoms with Gasteiger partial charge >= 0.3 is 0 Å². The van der Waals surface area contributed by atoms with Crippen molar-refractivity contribution >= 4 is 28.3 Å². The summed E-state index contributed by atoms with van der Waals surface area (Å²) >= 11 is 0. The second kappa shape index (κ2) is 23.6. The maximum atomic E-state index is 9.12. The van der Waals surface area contributed by atoms with Crippen LogP contribution in [0.4, 0.5) is 9.05 Å². The van der Waals surface area contributed by atoms with E-state index in [1.54, 1.807) is 0 Å². The number of halogens is 2. The highest BCUT2D eigenvalue weighted by atomic mass is 28.1. The quantitative estimate of drug-likeness (QED) is 0.337. The van der Waals surface area contributed by atoms with Crippen molar-refractivity contribution in [2.24, 2.45) is 0 Å². The van der Waals surface area contributed by atoms with Crippen molar-refractivity contribution < 1.29 is 14.2 Å². The van der Waals surface area contributed by atoms with Gasteiger partial charge in [-0.3, -0.25) is 0 Å². The summed E-state index contributed by atoms with van der Waals surface area (Å²) in [6, 6.07) is 0. The molecule has 34 valence electrons. The van der Waals surface area contributed by atoms with E-state index < -0.39 is 0 Å². The molecule has 1 nitrogen and oxygen atoms in total. The lowest BCUT2D eigenvalue weighted by atomic mass is 15.4. The Kier molecular flexibility index (Phi) is 83.3. The molecule has 0 atom stereocenters. The summed E-state index contributed by atoms with van der Waals surface area (Å²) in [5, 5.41) is 1.25. The first-order valence-corrected chi connectivity index (χ1v) is 0.309. The van der Waals surface area contributed by atoms with Crippen LogP contribution in [0.2, 0.25) is 0 Å². The maximum absolute atomic E-state index is 9.12. The van der Waals surface area contributed by atoms with Crippen LogP contribution in [0.3, 0.4) is 0 Å². The molecule has 0 aliphatic carbocycles. The van der Waals surface area contributed by atoms with E-state index in [1.807, 2.05) is 0 Å². The molecule has 0 aromatic rings. The van der Waals surface area contributed by atoms with Gasteiger partial charge in [0.05, 0.1) is 0 Å². The van der Waals surface area contributed by atoms with Crippen LogP contribution in [0.5, 0.6) is 0 Å². The van der Waals surface area contributed by atoms with E-state index in [4.69, 9.17) is 9.05 Å². The Morgan fingerprint density at radius 2 is 1.20 bits per heavy atom. The van der Waals surface area contributed by atoms with Gasteiger partial charge in [0.25, 0.3) is 0 Å². The second-order valence-electron chi connectivity index (χ2n) is 0.0583. The molecule has 0 unspecified atom stereocenters. The van der Waals surface area contributed by atoms with Gasteiger partial charge in [-0.1, -0.05) is 0 Å². The van der Waals surface area contributed by atoms with Crippen molar-refractivity contribution in [3.8, 4) is 0 Å². The zero-order valence-corrected chi connectivity index (χ0v) is 1.16. The van der Waals surface area contributed by atoms with Gasteiger partial charge in [-0.05, 0) is 20.0 Å². The molecule has 0 rings (SSSR count). The third-order valence-corrected chi connectivity index (χ3v) is 0. The Bertz CT molecular complexity index is 9.61. The van der Waals surface area contributed by atoms with Crippen molar-refractivity contribution in [2.45, 2.75) is 0 Å². The lowest BCUT2D eigenvalue weighted by Gasteiger charge is -1.41. The van der Waals surface area contributed by atoms with Gasteiger partial charge in [-0.25, -0.2) is 0 Å². The summed E-state index contributed by atoms with van der Waals surface area (Å²) in [6.45, 7) is 0. The van der Waals surface area contributed by atoms with Gasteiger partial charge in [0.2, 0.25) is 0 Å². The molecule has 0 aromatic heterocycles. The van der Waals surface area contributed by atoms with Crippen molar-refractivity contribution in [1.82, 2.24) is 0 Å².